The van der Waals surface area contributed by atoms with Gasteiger partial charge in [0.15, 0.2) is 23.8 Å². The molecule has 0 N–H and O–H groups in total. The Kier molecular flexibility index (Phi) is 7.07. The van der Waals surface area contributed by atoms with Crippen molar-refractivity contribution in [2.24, 2.45) is 4.99 Å². The zero-order valence-corrected chi connectivity index (χ0v) is 19.0. The quantitative estimate of drug-likeness (QED) is 0.470. The van der Waals surface area contributed by atoms with E-state index in [4.69, 9.17) is 14.2 Å². The first-order valence-corrected chi connectivity index (χ1v) is 11.3. The van der Waals surface area contributed by atoms with E-state index in [-0.39, 0.29) is 24.1 Å². The normalized spacial score (nSPS) is 17.0. The maximum atomic E-state index is 12.4. The van der Waals surface area contributed by atoms with Crippen molar-refractivity contribution in [3.8, 4) is 11.5 Å². The molecule has 1 amide bonds. The highest BCUT2D eigenvalue weighted by Gasteiger charge is 2.24. The van der Waals surface area contributed by atoms with Gasteiger partial charge in [0.05, 0.1) is 6.61 Å². The Balaban J connectivity index is 1.49. The van der Waals surface area contributed by atoms with Gasteiger partial charge in [-0.3, -0.25) is 4.79 Å². The molecule has 2 heterocycles. The molecular formula is C26H28N2O5. The van der Waals surface area contributed by atoms with Gasteiger partial charge in [0.1, 0.15) is 0 Å². The third-order valence-electron chi connectivity index (χ3n) is 5.55. The molecule has 2 aliphatic heterocycles. The Bertz CT molecular complexity index is 1080. The van der Waals surface area contributed by atoms with E-state index in [0.29, 0.717) is 23.7 Å². The number of hydrogen-bond acceptors (Lipinski definition) is 6. The number of amides is 1. The van der Waals surface area contributed by atoms with Crippen molar-refractivity contribution in [2.75, 3.05) is 26.3 Å². The fourth-order valence-corrected chi connectivity index (χ4v) is 3.76. The molecule has 0 aromatic heterocycles. The maximum Gasteiger partial charge on any atom is 0.363 e. The number of piperidine rings is 1. The van der Waals surface area contributed by atoms with E-state index >= 15 is 0 Å². The predicted octanol–water partition coefficient (Wildman–Crippen LogP) is 4.13. The molecule has 1 fully saturated rings. The average Bonchev–Trinajstić information content (AvgIpc) is 3.19. The van der Waals surface area contributed by atoms with Crippen LogP contribution in [0.1, 0.15) is 42.9 Å². The van der Waals surface area contributed by atoms with Crippen LogP contribution in [0.2, 0.25) is 0 Å². The van der Waals surface area contributed by atoms with Crippen LogP contribution in [0, 0.1) is 6.92 Å². The van der Waals surface area contributed by atoms with Crippen molar-refractivity contribution in [3.05, 3.63) is 64.9 Å². The van der Waals surface area contributed by atoms with Crippen molar-refractivity contribution < 1.29 is 23.8 Å². The molecule has 0 bridgehead atoms. The number of benzene rings is 2. The van der Waals surface area contributed by atoms with E-state index in [9.17, 15) is 9.59 Å². The van der Waals surface area contributed by atoms with Crippen LogP contribution in [-0.2, 0) is 14.3 Å². The second-order valence-corrected chi connectivity index (χ2v) is 8.07. The molecule has 172 valence electrons. The highest BCUT2D eigenvalue weighted by atomic mass is 16.6. The Labute approximate surface area is 193 Å². The van der Waals surface area contributed by atoms with Gasteiger partial charge in [0.25, 0.3) is 5.91 Å². The fraction of sp³-hybridized carbons (Fsp3) is 0.346. The van der Waals surface area contributed by atoms with Gasteiger partial charge in [-0.05, 0) is 69.0 Å². The third kappa shape index (κ3) is 5.61. The van der Waals surface area contributed by atoms with E-state index < -0.39 is 5.97 Å². The number of hydrogen-bond donors (Lipinski definition) is 0. The molecule has 0 unspecified atom stereocenters. The summed E-state index contributed by atoms with van der Waals surface area (Å²) in [6, 6.07) is 12.9. The third-order valence-corrected chi connectivity index (χ3v) is 5.55. The predicted molar refractivity (Wildman–Crippen MR) is 125 cm³/mol. The number of aliphatic imine (C=N–C) groups is 1. The van der Waals surface area contributed by atoms with Gasteiger partial charge in [0.2, 0.25) is 5.90 Å². The monoisotopic (exact) mass is 448 g/mol. The second-order valence-electron chi connectivity index (χ2n) is 8.07. The molecule has 7 heteroatoms. The van der Waals surface area contributed by atoms with Crippen LogP contribution in [0.15, 0.2) is 53.2 Å². The summed E-state index contributed by atoms with van der Waals surface area (Å²) in [6.45, 7) is 5.85. The standard InChI is InChI=1S/C26H28N2O5/c1-3-31-23-16-19(9-12-22(23)32-17-24(29)28-13-5-4-6-14-28)15-21-26(30)33-25(27-21)20-10-7-18(2)8-11-20/h7-12,15-16H,3-6,13-14,17H2,1-2H3/b21-15+. The Morgan fingerprint density at radius 2 is 1.82 bits per heavy atom. The minimum atomic E-state index is -0.504. The summed E-state index contributed by atoms with van der Waals surface area (Å²) >= 11 is 0. The summed E-state index contributed by atoms with van der Waals surface area (Å²) in [5, 5.41) is 0. The molecule has 2 aliphatic rings. The molecule has 7 nitrogen and oxygen atoms in total. The van der Waals surface area contributed by atoms with Crippen LogP contribution in [0.4, 0.5) is 0 Å². The van der Waals surface area contributed by atoms with E-state index in [1.165, 1.54) is 6.42 Å². The van der Waals surface area contributed by atoms with E-state index in [1.807, 2.05) is 43.0 Å². The number of esters is 1. The zero-order chi connectivity index (χ0) is 23.2. The molecule has 0 saturated carbocycles. The number of carbonyl (C=O) groups is 2. The van der Waals surface area contributed by atoms with Gasteiger partial charge in [-0.15, -0.1) is 0 Å². The topological polar surface area (TPSA) is 77.4 Å². The lowest BCUT2D eigenvalue weighted by Gasteiger charge is -2.26. The average molecular weight is 449 g/mol. The summed E-state index contributed by atoms with van der Waals surface area (Å²) in [5.41, 5.74) is 2.79. The van der Waals surface area contributed by atoms with Crippen LogP contribution in [0.5, 0.6) is 11.5 Å². The van der Waals surface area contributed by atoms with E-state index in [2.05, 4.69) is 4.99 Å². The first kappa shape index (κ1) is 22.6. The summed E-state index contributed by atoms with van der Waals surface area (Å²) in [7, 11) is 0. The fourth-order valence-electron chi connectivity index (χ4n) is 3.76. The van der Waals surface area contributed by atoms with Gasteiger partial charge in [-0.25, -0.2) is 9.79 Å². The Hall–Kier alpha value is -3.61. The molecule has 2 aromatic carbocycles. The number of likely N-dealkylation sites (tertiary alicyclic amines) is 1. The molecule has 0 spiro atoms. The summed E-state index contributed by atoms with van der Waals surface area (Å²) < 4.78 is 16.8. The SMILES string of the molecule is CCOc1cc(/C=C2/N=C(c3ccc(C)cc3)OC2=O)ccc1OCC(=O)N1CCCCC1. The number of rotatable bonds is 7. The Morgan fingerprint density at radius 3 is 2.55 bits per heavy atom. The van der Waals surface area contributed by atoms with Crippen molar-refractivity contribution in [1.29, 1.82) is 0 Å². The van der Waals surface area contributed by atoms with Gasteiger partial charge in [0, 0.05) is 18.7 Å². The first-order valence-electron chi connectivity index (χ1n) is 11.3. The minimum Gasteiger partial charge on any atom is -0.490 e. The molecule has 2 aromatic rings. The lowest BCUT2D eigenvalue weighted by atomic mass is 10.1. The number of cyclic esters (lactones) is 1. The van der Waals surface area contributed by atoms with Crippen LogP contribution in [0.25, 0.3) is 6.08 Å². The minimum absolute atomic E-state index is 0.0185. The highest BCUT2D eigenvalue weighted by Crippen LogP contribution is 2.30. The van der Waals surface area contributed by atoms with Crippen LogP contribution < -0.4 is 9.47 Å². The first-order chi connectivity index (χ1) is 16.0. The van der Waals surface area contributed by atoms with Gasteiger partial charge >= 0.3 is 5.97 Å². The van der Waals surface area contributed by atoms with Crippen molar-refractivity contribution in [2.45, 2.75) is 33.1 Å². The molecule has 1 saturated heterocycles. The van der Waals surface area contributed by atoms with Crippen molar-refractivity contribution in [3.63, 3.8) is 0 Å². The van der Waals surface area contributed by atoms with Gasteiger partial charge in [-0.2, -0.15) is 0 Å². The van der Waals surface area contributed by atoms with Crippen LogP contribution >= 0.6 is 0 Å². The van der Waals surface area contributed by atoms with E-state index in [0.717, 1.165) is 37.1 Å². The van der Waals surface area contributed by atoms with Crippen molar-refractivity contribution in [1.82, 2.24) is 4.90 Å². The number of aryl methyl sites for hydroxylation is 1. The van der Waals surface area contributed by atoms with Gasteiger partial charge in [-0.1, -0.05) is 23.8 Å². The smallest absolute Gasteiger partial charge is 0.363 e. The number of nitrogens with zero attached hydrogens (tertiary/aromatic N) is 2. The number of carbonyl (C=O) groups excluding carboxylic acids is 2. The maximum absolute atomic E-state index is 12.4. The molecule has 4 rings (SSSR count). The lowest BCUT2D eigenvalue weighted by Crippen LogP contribution is -2.38. The molecule has 33 heavy (non-hydrogen) atoms. The van der Waals surface area contributed by atoms with E-state index in [1.54, 1.807) is 24.3 Å². The second kappa shape index (κ2) is 10.3. The molecule has 0 atom stereocenters. The molecular weight excluding hydrogens is 420 g/mol. The highest BCUT2D eigenvalue weighted by molar-refractivity contribution is 6.12. The zero-order valence-electron chi connectivity index (χ0n) is 19.0. The number of ether oxygens (including phenoxy) is 3. The van der Waals surface area contributed by atoms with Crippen LogP contribution in [0.3, 0.4) is 0 Å². The van der Waals surface area contributed by atoms with Crippen molar-refractivity contribution >= 4 is 23.9 Å². The van der Waals surface area contributed by atoms with Gasteiger partial charge < -0.3 is 19.1 Å². The van der Waals surface area contributed by atoms with Crippen LogP contribution in [-0.4, -0.2) is 49.0 Å². The molecule has 0 aliphatic carbocycles. The summed E-state index contributed by atoms with van der Waals surface area (Å²) in [6.07, 6.45) is 4.89. The molecule has 0 radical (unpaired) electrons. The summed E-state index contributed by atoms with van der Waals surface area (Å²) in [5.74, 6) is 0.757. The summed E-state index contributed by atoms with van der Waals surface area (Å²) in [4.78, 5) is 31.0. The lowest BCUT2D eigenvalue weighted by molar-refractivity contribution is -0.134. The Morgan fingerprint density at radius 1 is 1.06 bits per heavy atom. The largest absolute Gasteiger partial charge is 0.490 e.